The number of amides is 1. The Morgan fingerprint density at radius 2 is 2.04 bits per heavy atom. The number of carbonyl (C=O) groups is 1. The molecule has 0 radical (unpaired) electrons. The van der Waals surface area contributed by atoms with E-state index in [4.69, 9.17) is 20.8 Å². The molecule has 124 valence electrons. The second-order valence-corrected chi connectivity index (χ2v) is 5.57. The van der Waals surface area contributed by atoms with Crippen molar-refractivity contribution in [3.8, 4) is 5.75 Å². The lowest BCUT2D eigenvalue weighted by Gasteiger charge is -2.05. The Balaban J connectivity index is 1.53. The fraction of sp³-hybridized carbons (Fsp3) is 0.176. The standard InChI is InChI=1S/C17H16ClN3O3/c1-21-13(8-9-20-21)10-19-17(22)16-7-6-15(24-16)11-23-14-4-2-12(18)3-5-14/h2-9H,10-11H2,1H3,(H,19,22). The van der Waals surface area contributed by atoms with Crippen molar-refractivity contribution in [1.82, 2.24) is 15.1 Å². The van der Waals surface area contributed by atoms with Crippen LogP contribution in [-0.4, -0.2) is 15.7 Å². The average Bonchev–Trinajstić information content (AvgIpc) is 3.21. The maximum Gasteiger partial charge on any atom is 0.287 e. The fourth-order valence-electron chi connectivity index (χ4n) is 2.10. The van der Waals surface area contributed by atoms with Crippen LogP contribution in [0.2, 0.25) is 5.02 Å². The molecule has 0 unspecified atom stereocenters. The number of ether oxygens (including phenoxy) is 1. The molecule has 2 heterocycles. The minimum atomic E-state index is -0.283. The van der Waals surface area contributed by atoms with Crippen LogP contribution in [0.15, 0.2) is 53.1 Å². The molecule has 0 saturated carbocycles. The largest absolute Gasteiger partial charge is 0.486 e. The van der Waals surface area contributed by atoms with Crippen molar-refractivity contribution in [3.05, 3.63) is 70.9 Å². The van der Waals surface area contributed by atoms with Crippen molar-refractivity contribution >= 4 is 17.5 Å². The highest BCUT2D eigenvalue weighted by molar-refractivity contribution is 6.30. The molecule has 0 atom stereocenters. The maximum absolute atomic E-state index is 12.1. The van der Waals surface area contributed by atoms with Gasteiger partial charge in [-0.2, -0.15) is 5.10 Å². The Bertz CT molecular complexity index is 824. The first-order valence-corrected chi connectivity index (χ1v) is 7.72. The average molecular weight is 346 g/mol. The van der Waals surface area contributed by atoms with Gasteiger partial charge in [-0.05, 0) is 42.5 Å². The third-order valence-corrected chi connectivity index (χ3v) is 3.68. The molecule has 24 heavy (non-hydrogen) atoms. The van der Waals surface area contributed by atoms with Crippen molar-refractivity contribution in [3.63, 3.8) is 0 Å². The van der Waals surface area contributed by atoms with Gasteiger partial charge in [0.2, 0.25) is 0 Å². The SMILES string of the molecule is Cn1nccc1CNC(=O)c1ccc(COc2ccc(Cl)cc2)o1. The zero-order valence-electron chi connectivity index (χ0n) is 13.0. The van der Waals surface area contributed by atoms with E-state index in [9.17, 15) is 4.79 Å². The van der Waals surface area contributed by atoms with E-state index in [0.717, 1.165) is 5.69 Å². The topological polar surface area (TPSA) is 69.3 Å². The molecular formula is C17H16ClN3O3. The summed E-state index contributed by atoms with van der Waals surface area (Å²) in [5.74, 6) is 1.20. The van der Waals surface area contributed by atoms with Crippen molar-refractivity contribution in [2.75, 3.05) is 0 Å². The number of halogens is 1. The molecular weight excluding hydrogens is 330 g/mol. The van der Waals surface area contributed by atoms with E-state index in [1.54, 1.807) is 47.3 Å². The minimum absolute atomic E-state index is 0.233. The second-order valence-electron chi connectivity index (χ2n) is 5.14. The van der Waals surface area contributed by atoms with Gasteiger partial charge >= 0.3 is 0 Å². The van der Waals surface area contributed by atoms with Crippen LogP contribution in [0.5, 0.6) is 5.75 Å². The van der Waals surface area contributed by atoms with Crippen LogP contribution in [0.3, 0.4) is 0 Å². The highest BCUT2D eigenvalue weighted by atomic mass is 35.5. The number of furan rings is 1. The lowest BCUT2D eigenvalue weighted by molar-refractivity contribution is 0.0918. The highest BCUT2D eigenvalue weighted by Crippen LogP contribution is 2.17. The van der Waals surface area contributed by atoms with Crippen molar-refractivity contribution < 1.29 is 13.9 Å². The molecule has 7 heteroatoms. The van der Waals surface area contributed by atoms with Gasteiger partial charge in [-0.1, -0.05) is 11.6 Å². The molecule has 0 saturated heterocycles. The fourth-order valence-corrected chi connectivity index (χ4v) is 2.22. The highest BCUT2D eigenvalue weighted by Gasteiger charge is 2.12. The van der Waals surface area contributed by atoms with Crippen molar-refractivity contribution in [2.45, 2.75) is 13.2 Å². The number of benzene rings is 1. The van der Waals surface area contributed by atoms with Gasteiger partial charge in [0, 0.05) is 18.3 Å². The number of aromatic nitrogens is 2. The van der Waals surface area contributed by atoms with Gasteiger partial charge in [0.1, 0.15) is 18.1 Å². The third kappa shape index (κ3) is 3.97. The van der Waals surface area contributed by atoms with Crippen molar-refractivity contribution in [1.29, 1.82) is 0 Å². The van der Waals surface area contributed by atoms with Gasteiger partial charge in [0.25, 0.3) is 5.91 Å². The van der Waals surface area contributed by atoms with E-state index >= 15 is 0 Å². The summed E-state index contributed by atoms with van der Waals surface area (Å²) in [6, 6.07) is 12.2. The molecule has 0 bridgehead atoms. The number of nitrogens with zero attached hydrogens (tertiary/aromatic N) is 2. The Hall–Kier alpha value is -2.73. The lowest BCUT2D eigenvalue weighted by Crippen LogP contribution is -2.23. The second kappa shape index (κ2) is 7.23. The first-order valence-electron chi connectivity index (χ1n) is 7.34. The Kier molecular flexibility index (Phi) is 4.86. The first kappa shape index (κ1) is 16.1. The van der Waals surface area contributed by atoms with Gasteiger partial charge in [-0.25, -0.2) is 0 Å². The van der Waals surface area contributed by atoms with Gasteiger partial charge in [-0.15, -0.1) is 0 Å². The lowest BCUT2D eigenvalue weighted by atomic mass is 10.3. The molecule has 1 amide bonds. The summed E-state index contributed by atoms with van der Waals surface area (Å²) in [4.78, 5) is 12.1. The monoisotopic (exact) mass is 345 g/mol. The summed E-state index contributed by atoms with van der Waals surface area (Å²) in [6.45, 7) is 0.614. The molecule has 0 aliphatic heterocycles. The molecule has 3 rings (SSSR count). The molecule has 1 aromatic carbocycles. The van der Waals surface area contributed by atoms with Crippen LogP contribution in [0.1, 0.15) is 22.0 Å². The number of aryl methyl sites for hydroxylation is 1. The molecule has 0 spiro atoms. The molecule has 2 aromatic heterocycles. The summed E-state index contributed by atoms with van der Waals surface area (Å²) >= 11 is 5.82. The smallest absolute Gasteiger partial charge is 0.287 e. The van der Waals surface area contributed by atoms with Gasteiger partial charge in [-0.3, -0.25) is 9.48 Å². The summed E-state index contributed by atoms with van der Waals surface area (Å²) in [5, 5.41) is 7.48. The first-order chi connectivity index (χ1) is 11.6. The van der Waals surface area contributed by atoms with E-state index in [0.29, 0.717) is 23.1 Å². The van der Waals surface area contributed by atoms with Gasteiger partial charge in [0.05, 0.1) is 12.2 Å². The normalized spacial score (nSPS) is 10.6. The van der Waals surface area contributed by atoms with Crippen molar-refractivity contribution in [2.24, 2.45) is 7.05 Å². The number of nitrogens with one attached hydrogen (secondary N) is 1. The predicted molar refractivity (Wildman–Crippen MR) is 88.9 cm³/mol. The number of hydrogen-bond donors (Lipinski definition) is 1. The summed E-state index contributed by atoms with van der Waals surface area (Å²) < 4.78 is 12.8. The predicted octanol–water partition coefficient (Wildman–Crippen LogP) is 3.18. The van der Waals surface area contributed by atoms with E-state index < -0.39 is 0 Å². The molecule has 0 fully saturated rings. The molecule has 1 N–H and O–H groups in total. The van der Waals surface area contributed by atoms with E-state index in [2.05, 4.69) is 10.4 Å². The van der Waals surface area contributed by atoms with Crippen LogP contribution in [0.25, 0.3) is 0 Å². The van der Waals surface area contributed by atoms with Crippen LogP contribution >= 0.6 is 11.6 Å². The van der Waals surface area contributed by atoms with E-state index in [1.165, 1.54) is 0 Å². The number of rotatable bonds is 6. The number of carbonyl (C=O) groups excluding carboxylic acids is 1. The zero-order chi connectivity index (χ0) is 16.9. The molecule has 6 nitrogen and oxygen atoms in total. The molecule has 0 aliphatic rings. The summed E-state index contributed by atoms with van der Waals surface area (Å²) in [5.41, 5.74) is 0.904. The van der Waals surface area contributed by atoms with Crippen LogP contribution in [-0.2, 0) is 20.2 Å². The summed E-state index contributed by atoms with van der Waals surface area (Å²) in [7, 11) is 1.82. The zero-order valence-corrected chi connectivity index (χ0v) is 13.8. The van der Waals surface area contributed by atoms with Crippen LogP contribution < -0.4 is 10.1 Å². The maximum atomic E-state index is 12.1. The Morgan fingerprint density at radius 1 is 1.25 bits per heavy atom. The Labute approximate surface area is 144 Å². The van der Waals surface area contributed by atoms with Gasteiger partial charge < -0.3 is 14.5 Å². The number of hydrogen-bond acceptors (Lipinski definition) is 4. The van der Waals surface area contributed by atoms with Gasteiger partial charge in [0.15, 0.2) is 5.76 Å². The summed E-state index contributed by atoms with van der Waals surface area (Å²) in [6.07, 6.45) is 1.68. The van der Waals surface area contributed by atoms with Crippen LogP contribution in [0, 0.1) is 0 Å². The van der Waals surface area contributed by atoms with Crippen LogP contribution in [0.4, 0.5) is 0 Å². The third-order valence-electron chi connectivity index (χ3n) is 3.43. The quantitative estimate of drug-likeness (QED) is 0.745. The molecule has 3 aromatic rings. The van der Waals surface area contributed by atoms with E-state index in [1.807, 2.05) is 13.1 Å². The molecule has 0 aliphatic carbocycles. The Morgan fingerprint density at radius 3 is 2.75 bits per heavy atom. The van der Waals surface area contributed by atoms with E-state index in [-0.39, 0.29) is 18.3 Å². The minimum Gasteiger partial charge on any atom is -0.486 e.